The quantitative estimate of drug-likeness (QED) is 0.850. The first kappa shape index (κ1) is 16.5. The van der Waals surface area contributed by atoms with Gasteiger partial charge in [-0.15, -0.1) is 0 Å². The van der Waals surface area contributed by atoms with Gasteiger partial charge in [0.1, 0.15) is 18.5 Å². The molecule has 0 unspecified atom stereocenters. The predicted octanol–water partition coefficient (Wildman–Crippen LogP) is 3.76. The van der Waals surface area contributed by atoms with Crippen molar-refractivity contribution in [3.63, 3.8) is 0 Å². The first-order valence-electron chi connectivity index (χ1n) is 8.32. The van der Waals surface area contributed by atoms with Gasteiger partial charge in [0.15, 0.2) is 0 Å². The van der Waals surface area contributed by atoms with E-state index in [4.69, 9.17) is 4.74 Å². The van der Waals surface area contributed by atoms with Crippen molar-refractivity contribution < 1.29 is 14.6 Å². The van der Waals surface area contributed by atoms with Gasteiger partial charge in [-0.25, -0.2) is 0 Å². The summed E-state index contributed by atoms with van der Waals surface area (Å²) in [5, 5.41) is 13.4. The minimum absolute atomic E-state index is 0.0427. The SMILES string of the molecule is Cc1ccc(C)c([C@@H](O)COc2ccccc2NC(=O)C2CC2)c1. The number of rotatable bonds is 6. The third-order valence-electron chi connectivity index (χ3n) is 4.28. The van der Waals surface area contributed by atoms with Gasteiger partial charge >= 0.3 is 0 Å². The third-order valence-corrected chi connectivity index (χ3v) is 4.28. The van der Waals surface area contributed by atoms with Crippen LogP contribution >= 0.6 is 0 Å². The molecular weight excluding hydrogens is 302 g/mol. The van der Waals surface area contributed by atoms with Gasteiger partial charge in [0.2, 0.25) is 5.91 Å². The van der Waals surface area contributed by atoms with Crippen LogP contribution in [-0.4, -0.2) is 17.6 Å². The average molecular weight is 325 g/mol. The van der Waals surface area contributed by atoms with Crippen LogP contribution in [0.4, 0.5) is 5.69 Å². The summed E-state index contributed by atoms with van der Waals surface area (Å²) < 4.78 is 5.78. The highest BCUT2D eigenvalue weighted by molar-refractivity contribution is 5.95. The molecule has 1 amide bonds. The zero-order valence-electron chi connectivity index (χ0n) is 14.1. The Labute approximate surface area is 142 Å². The van der Waals surface area contributed by atoms with E-state index >= 15 is 0 Å². The van der Waals surface area contributed by atoms with Crippen molar-refractivity contribution >= 4 is 11.6 Å². The number of benzene rings is 2. The Bertz CT molecular complexity index is 737. The maximum absolute atomic E-state index is 12.0. The Balaban J connectivity index is 1.67. The molecule has 4 heteroatoms. The number of hydrogen-bond acceptors (Lipinski definition) is 3. The fourth-order valence-corrected chi connectivity index (χ4v) is 2.65. The predicted molar refractivity (Wildman–Crippen MR) is 94.2 cm³/mol. The number of aryl methyl sites for hydroxylation is 2. The molecule has 2 N–H and O–H groups in total. The van der Waals surface area contributed by atoms with Crippen LogP contribution in [0.15, 0.2) is 42.5 Å². The zero-order valence-corrected chi connectivity index (χ0v) is 14.1. The molecule has 1 fully saturated rings. The zero-order chi connectivity index (χ0) is 17.1. The van der Waals surface area contributed by atoms with Crippen LogP contribution < -0.4 is 10.1 Å². The van der Waals surface area contributed by atoms with Gasteiger partial charge in [0, 0.05) is 5.92 Å². The van der Waals surface area contributed by atoms with E-state index in [1.807, 2.05) is 50.2 Å². The van der Waals surface area contributed by atoms with Gasteiger partial charge in [-0.3, -0.25) is 4.79 Å². The maximum Gasteiger partial charge on any atom is 0.227 e. The fraction of sp³-hybridized carbons (Fsp3) is 0.350. The molecule has 24 heavy (non-hydrogen) atoms. The number of nitrogens with one attached hydrogen (secondary N) is 1. The van der Waals surface area contributed by atoms with Gasteiger partial charge in [0.25, 0.3) is 0 Å². The number of aliphatic hydroxyl groups is 1. The molecule has 0 radical (unpaired) electrons. The Morgan fingerprint density at radius 1 is 1.25 bits per heavy atom. The number of aliphatic hydroxyl groups excluding tert-OH is 1. The highest BCUT2D eigenvalue weighted by Crippen LogP contribution is 2.32. The first-order valence-corrected chi connectivity index (χ1v) is 8.32. The lowest BCUT2D eigenvalue weighted by atomic mass is 10.0. The summed E-state index contributed by atoms with van der Waals surface area (Å²) in [7, 11) is 0. The van der Waals surface area contributed by atoms with E-state index < -0.39 is 6.10 Å². The molecule has 1 saturated carbocycles. The third kappa shape index (κ3) is 3.95. The van der Waals surface area contributed by atoms with Gasteiger partial charge in [0.05, 0.1) is 5.69 Å². The van der Waals surface area contributed by atoms with E-state index in [-0.39, 0.29) is 18.4 Å². The standard InChI is InChI=1S/C20H23NO3/c1-13-7-8-14(2)16(11-13)18(22)12-24-19-6-4-3-5-17(19)21-20(23)15-9-10-15/h3-8,11,15,18,22H,9-10,12H2,1-2H3,(H,21,23)/t18-/m0/s1. The van der Waals surface area contributed by atoms with Crippen molar-refractivity contribution in [2.24, 2.45) is 5.92 Å². The monoisotopic (exact) mass is 325 g/mol. The second-order valence-electron chi connectivity index (χ2n) is 6.45. The summed E-state index contributed by atoms with van der Waals surface area (Å²) >= 11 is 0. The van der Waals surface area contributed by atoms with Gasteiger partial charge < -0.3 is 15.2 Å². The van der Waals surface area contributed by atoms with Gasteiger partial charge in [-0.1, -0.05) is 35.9 Å². The summed E-state index contributed by atoms with van der Waals surface area (Å²) in [6.07, 6.45) is 1.21. The van der Waals surface area contributed by atoms with E-state index in [1.165, 1.54) is 0 Å². The van der Waals surface area contributed by atoms with E-state index in [1.54, 1.807) is 6.07 Å². The van der Waals surface area contributed by atoms with Gasteiger partial charge in [-0.2, -0.15) is 0 Å². The first-order chi connectivity index (χ1) is 11.5. The van der Waals surface area contributed by atoms with Crippen molar-refractivity contribution in [1.29, 1.82) is 0 Å². The van der Waals surface area contributed by atoms with Crippen molar-refractivity contribution in [3.8, 4) is 5.75 Å². The lowest BCUT2D eigenvalue weighted by molar-refractivity contribution is -0.117. The summed E-state index contributed by atoms with van der Waals surface area (Å²) in [6.45, 7) is 4.11. The Hall–Kier alpha value is -2.33. The molecule has 1 aliphatic carbocycles. The van der Waals surface area contributed by atoms with E-state index in [0.717, 1.165) is 29.5 Å². The molecule has 4 nitrogen and oxygen atoms in total. The summed E-state index contributed by atoms with van der Waals surface area (Å²) in [6, 6.07) is 13.3. The van der Waals surface area contributed by atoms with Crippen LogP contribution in [0.2, 0.25) is 0 Å². The minimum Gasteiger partial charge on any atom is -0.488 e. The second-order valence-corrected chi connectivity index (χ2v) is 6.45. The van der Waals surface area contributed by atoms with E-state index in [0.29, 0.717) is 11.4 Å². The minimum atomic E-state index is -0.711. The van der Waals surface area contributed by atoms with Crippen LogP contribution in [-0.2, 0) is 4.79 Å². The number of carbonyl (C=O) groups excluding carboxylic acids is 1. The number of amides is 1. The molecule has 0 aromatic heterocycles. The molecule has 2 aromatic carbocycles. The molecule has 3 rings (SSSR count). The smallest absolute Gasteiger partial charge is 0.227 e. The Kier molecular flexibility index (Phi) is 4.86. The number of hydrogen-bond donors (Lipinski definition) is 2. The van der Waals surface area contributed by atoms with Gasteiger partial charge in [-0.05, 0) is 49.9 Å². The number of carbonyl (C=O) groups is 1. The highest BCUT2D eigenvalue weighted by Gasteiger charge is 2.30. The van der Waals surface area contributed by atoms with Crippen LogP contribution in [0, 0.1) is 19.8 Å². The fourth-order valence-electron chi connectivity index (χ4n) is 2.65. The Morgan fingerprint density at radius 2 is 2.00 bits per heavy atom. The highest BCUT2D eigenvalue weighted by atomic mass is 16.5. The van der Waals surface area contributed by atoms with Crippen molar-refractivity contribution in [2.45, 2.75) is 32.8 Å². The van der Waals surface area contributed by atoms with E-state index in [2.05, 4.69) is 5.32 Å². The Morgan fingerprint density at radius 3 is 2.75 bits per heavy atom. The molecule has 2 aromatic rings. The lowest BCUT2D eigenvalue weighted by Gasteiger charge is -2.17. The normalized spacial score (nSPS) is 15.0. The summed E-state index contributed by atoms with van der Waals surface area (Å²) in [5.74, 6) is 0.760. The molecule has 1 atom stereocenters. The molecule has 0 spiro atoms. The molecule has 0 bridgehead atoms. The molecule has 0 heterocycles. The van der Waals surface area contributed by atoms with Crippen LogP contribution in [0.1, 0.15) is 35.6 Å². The molecule has 0 aliphatic heterocycles. The van der Waals surface area contributed by atoms with Crippen LogP contribution in [0.5, 0.6) is 5.75 Å². The summed E-state index contributed by atoms with van der Waals surface area (Å²) in [4.78, 5) is 12.0. The molecular formula is C20H23NO3. The molecule has 0 saturated heterocycles. The van der Waals surface area contributed by atoms with Crippen molar-refractivity contribution in [2.75, 3.05) is 11.9 Å². The van der Waals surface area contributed by atoms with Crippen LogP contribution in [0.25, 0.3) is 0 Å². The molecule has 1 aliphatic rings. The lowest BCUT2D eigenvalue weighted by Crippen LogP contribution is -2.16. The number of para-hydroxylation sites is 2. The van der Waals surface area contributed by atoms with E-state index in [9.17, 15) is 9.90 Å². The largest absolute Gasteiger partial charge is 0.488 e. The maximum atomic E-state index is 12.0. The van der Waals surface area contributed by atoms with Crippen molar-refractivity contribution in [3.05, 3.63) is 59.2 Å². The topological polar surface area (TPSA) is 58.6 Å². The van der Waals surface area contributed by atoms with Crippen molar-refractivity contribution in [1.82, 2.24) is 0 Å². The molecule has 126 valence electrons. The van der Waals surface area contributed by atoms with Crippen LogP contribution in [0.3, 0.4) is 0 Å². The number of ether oxygens (including phenoxy) is 1. The second kappa shape index (κ2) is 7.05. The summed E-state index contributed by atoms with van der Waals surface area (Å²) in [5.41, 5.74) is 3.66. The average Bonchev–Trinajstić information content (AvgIpc) is 3.41. The number of anilines is 1.